The minimum absolute atomic E-state index is 0.121. The van der Waals surface area contributed by atoms with Gasteiger partial charge in [-0.1, -0.05) is 0 Å². The minimum Gasteiger partial charge on any atom is -0.479 e. The van der Waals surface area contributed by atoms with E-state index in [-0.39, 0.29) is 18.1 Å². The number of rotatable bonds is 2. The van der Waals surface area contributed by atoms with E-state index < -0.39 is 0 Å². The third kappa shape index (κ3) is 1.93. The van der Waals surface area contributed by atoms with Crippen molar-refractivity contribution >= 4 is 17.0 Å². The van der Waals surface area contributed by atoms with Gasteiger partial charge in [-0.3, -0.25) is 4.57 Å². The van der Waals surface area contributed by atoms with Crippen LogP contribution in [0.2, 0.25) is 0 Å². The lowest BCUT2D eigenvalue weighted by atomic mass is 10.2. The Balaban J connectivity index is 2.19. The van der Waals surface area contributed by atoms with Crippen LogP contribution >= 0.6 is 0 Å². The van der Waals surface area contributed by atoms with Gasteiger partial charge in [0, 0.05) is 6.61 Å². The molecule has 19 heavy (non-hydrogen) atoms. The number of aromatic nitrogens is 4. The molecule has 0 spiro atoms. The zero-order valence-corrected chi connectivity index (χ0v) is 10.5. The Morgan fingerprint density at radius 1 is 1.37 bits per heavy atom. The first kappa shape index (κ1) is 12.0. The summed E-state index contributed by atoms with van der Waals surface area (Å²) in [6.45, 7) is 0.681. The van der Waals surface area contributed by atoms with Crippen LogP contribution in [0.15, 0.2) is 0 Å². The minimum atomic E-state index is -0.385. The van der Waals surface area contributed by atoms with Crippen molar-refractivity contribution in [3.63, 3.8) is 0 Å². The van der Waals surface area contributed by atoms with Crippen molar-refractivity contribution in [1.82, 2.24) is 19.5 Å². The number of aromatic hydroxyl groups is 1. The Hall–Kier alpha value is -2.09. The molecule has 3 N–H and O–H groups in total. The highest BCUT2D eigenvalue weighted by atomic mass is 16.5. The summed E-state index contributed by atoms with van der Waals surface area (Å²) in [6.07, 6.45) is 2.72. The van der Waals surface area contributed by atoms with Gasteiger partial charge in [0.05, 0.1) is 7.11 Å². The van der Waals surface area contributed by atoms with E-state index in [1.807, 2.05) is 0 Å². The van der Waals surface area contributed by atoms with Crippen molar-refractivity contribution in [2.24, 2.45) is 0 Å². The van der Waals surface area contributed by atoms with E-state index in [0.29, 0.717) is 23.8 Å². The summed E-state index contributed by atoms with van der Waals surface area (Å²) in [4.78, 5) is 11.9. The summed E-state index contributed by atoms with van der Waals surface area (Å²) in [5.41, 5.74) is 6.57. The highest BCUT2D eigenvalue weighted by Gasteiger charge is 2.25. The van der Waals surface area contributed by atoms with Crippen LogP contribution in [0, 0.1) is 0 Å². The molecule has 0 bridgehead atoms. The standard InChI is InChI=1S/C11H15N5O3/c1-18-11-13-7-8(12)14-10(17)15-9(7)16(11)6-4-2-3-5-19-6/h6H,2-5H2,1H3,(H3,12,14,15,17). The molecule has 1 aliphatic heterocycles. The number of hydrogen-bond acceptors (Lipinski definition) is 7. The summed E-state index contributed by atoms with van der Waals surface area (Å²) in [6, 6.07) is -0.0295. The average Bonchev–Trinajstić information content (AvgIpc) is 2.78. The van der Waals surface area contributed by atoms with E-state index in [1.54, 1.807) is 4.57 Å². The molecule has 0 aromatic carbocycles. The van der Waals surface area contributed by atoms with E-state index in [1.165, 1.54) is 7.11 Å². The number of imidazole rings is 1. The Morgan fingerprint density at radius 2 is 2.21 bits per heavy atom. The fourth-order valence-electron chi connectivity index (χ4n) is 2.29. The first-order valence-corrected chi connectivity index (χ1v) is 6.10. The van der Waals surface area contributed by atoms with Crippen molar-refractivity contribution in [2.45, 2.75) is 25.5 Å². The van der Waals surface area contributed by atoms with E-state index in [9.17, 15) is 5.11 Å². The summed E-state index contributed by atoms with van der Waals surface area (Å²) in [5, 5.41) is 9.49. The van der Waals surface area contributed by atoms with Crippen LogP contribution in [0.1, 0.15) is 25.5 Å². The summed E-state index contributed by atoms with van der Waals surface area (Å²) in [7, 11) is 1.52. The molecule has 1 saturated heterocycles. The quantitative estimate of drug-likeness (QED) is 0.827. The van der Waals surface area contributed by atoms with Crippen LogP contribution in [0.4, 0.5) is 5.82 Å². The zero-order chi connectivity index (χ0) is 13.4. The van der Waals surface area contributed by atoms with Gasteiger partial charge in [-0.05, 0) is 19.3 Å². The summed E-state index contributed by atoms with van der Waals surface area (Å²) < 4.78 is 12.7. The lowest BCUT2D eigenvalue weighted by molar-refractivity contribution is -0.0334. The maximum atomic E-state index is 9.49. The van der Waals surface area contributed by atoms with Gasteiger partial charge < -0.3 is 20.3 Å². The molecule has 1 atom stereocenters. The predicted molar refractivity (Wildman–Crippen MR) is 66.8 cm³/mol. The van der Waals surface area contributed by atoms with Crippen LogP contribution in [-0.4, -0.2) is 38.3 Å². The Morgan fingerprint density at radius 3 is 2.89 bits per heavy atom. The van der Waals surface area contributed by atoms with Gasteiger partial charge in [-0.2, -0.15) is 15.0 Å². The smallest absolute Gasteiger partial charge is 0.317 e. The molecule has 102 valence electrons. The molecule has 3 rings (SSSR count). The number of fused-ring (bicyclic) bond motifs is 1. The van der Waals surface area contributed by atoms with Crippen LogP contribution < -0.4 is 10.5 Å². The van der Waals surface area contributed by atoms with Gasteiger partial charge >= 0.3 is 12.0 Å². The fraction of sp³-hybridized carbons (Fsp3) is 0.545. The van der Waals surface area contributed by atoms with E-state index >= 15 is 0 Å². The zero-order valence-electron chi connectivity index (χ0n) is 10.5. The lowest BCUT2D eigenvalue weighted by Crippen LogP contribution is -2.19. The SMILES string of the molecule is COc1nc2c(N)nc(O)nc2n1C1CCCCO1. The molecule has 8 heteroatoms. The van der Waals surface area contributed by atoms with Crippen molar-refractivity contribution in [3.8, 4) is 12.0 Å². The second-order valence-corrected chi connectivity index (χ2v) is 4.37. The largest absolute Gasteiger partial charge is 0.479 e. The highest BCUT2D eigenvalue weighted by Crippen LogP contribution is 2.32. The molecular weight excluding hydrogens is 250 g/mol. The number of nitrogens with two attached hydrogens (primary N) is 1. The molecule has 0 amide bonds. The van der Waals surface area contributed by atoms with Gasteiger partial charge in [0.15, 0.2) is 17.0 Å². The predicted octanol–water partition coefficient (Wildman–Crippen LogP) is 0.822. The summed E-state index contributed by atoms with van der Waals surface area (Å²) in [5.74, 6) is 0.121. The van der Waals surface area contributed by atoms with Crippen molar-refractivity contribution in [1.29, 1.82) is 0 Å². The van der Waals surface area contributed by atoms with Crippen LogP contribution in [0.3, 0.4) is 0 Å². The molecule has 2 aromatic rings. The average molecular weight is 265 g/mol. The van der Waals surface area contributed by atoms with Gasteiger partial charge in [0.25, 0.3) is 0 Å². The molecule has 3 heterocycles. The number of ether oxygens (including phenoxy) is 2. The van der Waals surface area contributed by atoms with E-state index in [0.717, 1.165) is 19.3 Å². The molecule has 0 aliphatic carbocycles. The monoisotopic (exact) mass is 265 g/mol. The van der Waals surface area contributed by atoms with E-state index in [2.05, 4.69) is 15.0 Å². The highest BCUT2D eigenvalue weighted by molar-refractivity contribution is 5.83. The van der Waals surface area contributed by atoms with Gasteiger partial charge in [0.1, 0.15) is 6.23 Å². The van der Waals surface area contributed by atoms with Crippen LogP contribution in [-0.2, 0) is 4.74 Å². The number of nitrogen functional groups attached to an aromatic ring is 1. The Labute approximate surface area is 109 Å². The molecule has 0 saturated carbocycles. The first-order valence-electron chi connectivity index (χ1n) is 6.10. The molecule has 8 nitrogen and oxygen atoms in total. The molecular formula is C11H15N5O3. The third-order valence-corrected chi connectivity index (χ3v) is 3.15. The van der Waals surface area contributed by atoms with Gasteiger partial charge in [0.2, 0.25) is 0 Å². The van der Waals surface area contributed by atoms with Crippen LogP contribution in [0.5, 0.6) is 12.0 Å². The molecule has 1 unspecified atom stereocenters. The normalized spacial score (nSPS) is 19.7. The number of nitrogens with zero attached hydrogens (tertiary/aromatic N) is 4. The molecule has 2 aromatic heterocycles. The Bertz CT molecular complexity index is 606. The fourth-order valence-corrected chi connectivity index (χ4v) is 2.29. The maximum Gasteiger partial charge on any atom is 0.317 e. The third-order valence-electron chi connectivity index (χ3n) is 3.15. The van der Waals surface area contributed by atoms with Crippen molar-refractivity contribution in [3.05, 3.63) is 0 Å². The first-order chi connectivity index (χ1) is 9.20. The number of methoxy groups -OCH3 is 1. The molecule has 0 radical (unpaired) electrons. The van der Waals surface area contributed by atoms with E-state index in [4.69, 9.17) is 15.2 Å². The van der Waals surface area contributed by atoms with Crippen molar-refractivity contribution in [2.75, 3.05) is 19.5 Å². The Kier molecular flexibility index (Phi) is 2.86. The molecule has 1 fully saturated rings. The van der Waals surface area contributed by atoms with Crippen LogP contribution in [0.25, 0.3) is 11.2 Å². The number of hydrogen-bond donors (Lipinski definition) is 2. The van der Waals surface area contributed by atoms with Gasteiger partial charge in [-0.25, -0.2) is 0 Å². The maximum absolute atomic E-state index is 9.49. The second-order valence-electron chi connectivity index (χ2n) is 4.37. The number of anilines is 1. The van der Waals surface area contributed by atoms with Crippen molar-refractivity contribution < 1.29 is 14.6 Å². The molecule has 1 aliphatic rings. The topological polar surface area (TPSA) is 108 Å². The van der Waals surface area contributed by atoms with Gasteiger partial charge in [-0.15, -0.1) is 0 Å². The summed E-state index contributed by atoms with van der Waals surface area (Å²) >= 11 is 0. The second kappa shape index (κ2) is 4.54. The lowest BCUT2D eigenvalue weighted by Gasteiger charge is -2.24.